The summed E-state index contributed by atoms with van der Waals surface area (Å²) in [6.07, 6.45) is 4.92. The second-order valence-corrected chi connectivity index (χ2v) is 8.40. The van der Waals surface area contributed by atoms with Crippen LogP contribution < -0.4 is 4.72 Å². The lowest BCUT2D eigenvalue weighted by Gasteiger charge is -2.14. The van der Waals surface area contributed by atoms with E-state index in [2.05, 4.69) is 19.8 Å². The number of nitrogens with one attached hydrogen (secondary N) is 1. The molecule has 2 aliphatic carbocycles. The first-order chi connectivity index (χ1) is 10.1. The minimum absolute atomic E-state index is 0.182. The summed E-state index contributed by atoms with van der Waals surface area (Å²) in [5, 5.41) is 3.68. The molecule has 1 saturated heterocycles. The molecule has 0 radical (unpaired) electrons. The molecule has 0 bridgehead atoms. The molecule has 116 valence electrons. The smallest absolute Gasteiger partial charge is 0.240 e. The van der Waals surface area contributed by atoms with Gasteiger partial charge in [-0.3, -0.25) is 4.90 Å². The Bertz CT molecular complexity index is 621. The van der Waals surface area contributed by atoms with E-state index in [1.165, 1.54) is 0 Å². The zero-order valence-electron chi connectivity index (χ0n) is 11.9. The summed E-state index contributed by atoms with van der Waals surface area (Å²) >= 11 is 0. The van der Waals surface area contributed by atoms with Crippen LogP contribution in [-0.4, -0.2) is 47.8 Å². The Hall–Kier alpha value is -0.990. The van der Waals surface area contributed by atoms with E-state index in [0.29, 0.717) is 31.3 Å². The van der Waals surface area contributed by atoms with E-state index in [9.17, 15) is 8.42 Å². The molecule has 1 aromatic rings. The number of aromatic nitrogens is 2. The molecule has 4 rings (SSSR count). The van der Waals surface area contributed by atoms with Crippen molar-refractivity contribution in [3.05, 3.63) is 11.7 Å². The Kier molecular flexibility index (Phi) is 3.27. The molecular weight excluding hydrogens is 292 g/mol. The Morgan fingerprint density at radius 2 is 2.05 bits per heavy atom. The molecule has 8 heteroatoms. The first-order valence-corrected chi connectivity index (χ1v) is 9.21. The van der Waals surface area contributed by atoms with Crippen molar-refractivity contribution in [3.8, 4) is 0 Å². The molecule has 1 aromatic heterocycles. The summed E-state index contributed by atoms with van der Waals surface area (Å²) in [6, 6.07) is 0.182. The van der Waals surface area contributed by atoms with Crippen molar-refractivity contribution in [2.45, 2.75) is 55.9 Å². The van der Waals surface area contributed by atoms with Crippen LogP contribution >= 0.6 is 0 Å². The zero-order chi connectivity index (χ0) is 14.4. The van der Waals surface area contributed by atoms with Crippen molar-refractivity contribution in [3.63, 3.8) is 0 Å². The Morgan fingerprint density at radius 3 is 2.76 bits per heavy atom. The van der Waals surface area contributed by atoms with Gasteiger partial charge in [0.05, 0.1) is 11.8 Å². The van der Waals surface area contributed by atoms with Gasteiger partial charge < -0.3 is 4.52 Å². The van der Waals surface area contributed by atoms with E-state index in [4.69, 9.17) is 4.52 Å². The highest BCUT2D eigenvalue weighted by Gasteiger charge is 2.37. The first kappa shape index (κ1) is 13.7. The van der Waals surface area contributed by atoms with Crippen LogP contribution in [0.2, 0.25) is 0 Å². The molecule has 1 unspecified atom stereocenters. The summed E-state index contributed by atoms with van der Waals surface area (Å²) in [6.45, 7) is 1.86. The number of hydrogen-bond donors (Lipinski definition) is 1. The quantitative estimate of drug-likeness (QED) is 0.827. The molecule has 1 atom stereocenters. The molecule has 1 aliphatic heterocycles. The Morgan fingerprint density at radius 1 is 1.24 bits per heavy atom. The lowest BCUT2D eigenvalue weighted by atomic mass is 10.4. The van der Waals surface area contributed by atoms with Crippen molar-refractivity contribution in [1.29, 1.82) is 0 Å². The summed E-state index contributed by atoms with van der Waals surface area (Å²) in [5.74, 6) is 1.89. The highest BCUT2D eigenvalue weighted by molar-refractivity contribution is 7.90. The third-order valence-electron chi connectivity index (χ3n) is 4.36. The summed E-state index contributed by atoms with van der Waals surface area (Å²) in [7, 11) is -3.18. The van der Waals surface area contributed by atoms with E-state index in [-0.39, 0.29) is 11.3 Å². The molecule has 3 aliphatic rings. The van der Waals surface area contributed by atoms with Crippen molar-refractivity contribution < 1.29 is 12.9 Å². The molecule has 0 amide bonds. The van der Waals surface area contributed by atoms with E-state index < -0.39 is 10.0 Å². The standard InChI is InChI=1S/C13H20N4O3S/c18-21(19,16-10-3-4-10)11-5-6-17(7-11)8-12-14-13(15-20-12)9-1-2-9/h9-11,16H,1-8H2. The topological polar surface area (TPSA) is 88.3 Å². The monoisotopic (exact) mass is 312 g/mol. The third-order valence-corrected chi connectivity index (χ3v) is 6.29. The van der Waals surface area contributed by atoms with E-state index in [0.717, 1.165) is 38.1 Å². The molecular formula is C13H20N4O3S. The maximum absolute atomic E-state index is 12.2. The molecule has 2 heterocycles. The van der Waals surface area contributed by atoms with Gasteiger partial charge >= 0.3 is 0 Å². The fraction of sp³-hybridized carbons (Fsp3) is 0.846. The van der Waals surface area contributed by atoms with Gasteiger partial charge in [-0.1, -0.05) is 5.16 Å². The highest BCUT2D eigenvalue weighted by Crippen LogP contribution is 2.38. The van der Waals surface area contributed by atoms with Gasteiger partial charge in [0.1, 0.15) is 0 Å². The fourth-order valence-electron chi connectivity index (χ4n) is 2.75. The molecule has 2 saturated carbocycles. The lowest BCUT2D eigenvalue weighted by Crippen LogP contribution is -2.37. The molecule has 21 heavy (non-hydrogen) atoms. The van der Waals surface area contributed by atoms with Crippen molar-refractivity contribution in [2.24, 2.45) is 0 Å². The van der Waals surface area contributed by atoms with Crippen LogP contribution in [0.5, 0.6) is 0 Å². The maximum atomic E-state index is 12.2. The number of hydrogen-bond acceptors (Lipinski definition) is 6. The average Bonchev–Trinajstić information content (AvgIpc) is 3.35. The van der Waals surface area contributed by atoms with Crippen LogP contribution in [0.4, 0.5) is 0 Å². The van der Waals surface area contributed by atoms with Crippen LogP contribution in [0.25, 0.3) is 0 Å². The number of rotatable bonds is 6. The largest absolute Gasteiger partial charge is 0.338 e. The molecule has 0 aromatic carbocycles. The van der Waals surface area contributed by atoms with Crippen LogP contribution in [-0.2, 0) is 16.6 Å². The summed E-state index contributed by atoms with van der Waals surface area (Å²) < 4.78 is 32.4. The highest BCUT2D eigenvalue weighted by atomic mass is 32.2. The molecule has 3 fully saturated rings. The van der Waals surface area contributed by atoms with Gasteiger partial charge in [-0.2, -0.15) is 4.98 Å². The van der Waals surface area contributed by atoms with Crippen LogP contribution in [0.1, 0.15) is 49.7 Å². The molecule has 0 spiro atoms. The van der Waals surface area contributed by atoms with Gasteiger partial charge in [-0.15, -0.1) is 0 Å². The number of sulfonamides is 1. The number of nitrogens with zero attached hydrogens (tertiary/aromatic N) is 3. The zero-order valence-corrected chi connectivity index (χ0v) is 12.7. The van der Waals surface area contributed by atoms with Crippen molar-refractivity contribution in [1.82, 2.24) is 19.8 Å². The van der Waals surface area contributed by atoms with E-state index >= 15 is 0 Å². The normalized spacial score (nSPS) is 27.3. The first-order valence-electron chi connectivity index (χ1n) is 7.66. The maximum Gasteiger partial charge on any atom is 0.240 e. The van der Waals surface area contributed by atoms with Gasteiger partial charge in [0.25, 0.3) is 0 Å². The predicted molar refractivity (Wildman–Crippen MR) is 75.0 cm³/mol. The van der Waals surface area contributed by atoms with Crippen LogP contribution in [0.15, 0.2) is 4.52 Å². The minimum atomic E-state index is -3.18. The SMILES string of the molecule is O=S(=O)(NC1CC1)C1CCN(Cc2nc(C3CC3)no2)C1. The summed E-state index contributed by atoms with van der Waals surface area (Å²) in [4.78, 5) is 6.48. The van der Waals surface area contributed by atoms with Gasteiger partial charge in [-0.05, 0) is 32.1 Å². The fourth-order valence-corrected chi connectivity index (χ4v) is 4.47. The lowest BCUT2D eigenvalue weighted by molar-refractivity contribution is 0.267. The van der Waals surface area contributed by atoms with Gasteiger partial charge in [0, 0.05) is 25.0 Å². The second kappa shape index (κ2) is 5.03. The second-order valence-electron chi connectivity index (χ2n) is 6.40. The van der Waals surface area contributed by atoms with E-state index in [1.54, 1.807) is 0 Å². The molecule has 1 N–H and O–H groups in total. The van der Waals surface area contributed by atoms with Crippen molar-refractivity contribution in [2.75, 3.05) is 13.1 Å². The van der Waals surface area contributed by atoms with Crippen LogP contribution in [0.3, 0.4) is 0 Å². The Labute approximate surface area is 124 Å². The van der Waals surface area contributed by atoms with Crippen LogP contribution in [0, 0.1) is 0 Å². The van der Waals surface area contributed by atoms with Gasteiger partial charge in [0.15, 0.2) is 5.82 Å². The number of likely N-dealkylation sites (tertiary alicyclic amines) is 1. The predicted octanol–water partition coefficient (Wildman–Crippen LogP) is 0.603. The van der Waals surface area contributed by atoms with E-state index in [1.807, 2.05) is 0 Å². The third kappa shape index (κ3) is 3.12. The Balaban J connectivity index is 1.34. The van der Waals surface area contributed by atoms with Crippen molar-refractivity contribution >= 4 is 10.0 Å². The minimum Gasteiger partial charge on any atom is -0.338 e. The molecule has 7 nitrogen and oxygen atoms in total. The van der Waals surface area contributed by atoms with Gasteiger partial charge in [-0.25, -0.2) is 13.1 Å². The average molecular weight is 312 g/mol. The summed E-state index contributed by atoms with van der Waals surface area (Å²) in [5.41, 5.74) is 0. The van der Waals surface area contributed by atoms with Gasteiger partial charge in [0.2, 0.25) is 15.9 Å².